The summed E-state index contributed by atoms with van der Waals surface area (Å²) in [5, 5.41) is 3.28. The van der Waals surface area contributed by atoms with Gasteiger partial charge in [0.2, 0.25) is 11.8 Å². The highest BCUT2D eigenvalue weighted by Crippen LogP contribution is 2.20. The van der Waals surface area contributed by atoms with Crippen LogP contribution in [0.25, 0.3) is 0 Å². The number of hydrogen-bond donors (Lipinski definition) is 1. The lowest BCUT2D eigenvalue weighted by atomic mass is 10.00. The Kier molecular flexibility index (Phi) is 4.31. The molecule has 1 aliphatic rings. The van der Waals surface area contributed by atoms with Crippen molar-refractivity contribution in [2.75, 3.05) is 0 Å². The summed E-state index contributed by atoms with van der Waals surface area (Å²) in [6, 6.07) is -0.335. The molecule has 1 rings (SSSR count). The summed E-state index contributed by atoms with van der Waals surface area (Å²) in [4.78, 5) is 25.4. The molecule has 0 aliphatic carbocycles. The van der Waals surface area contributed by atoms with Gasteiger partial charge in [-0.25, -0.2) is 0 Å². The predicted octanol–water partition coefficient (Wildman–Crippen LogP) is 1.69. The molecule has 0 aromatic heterocycles. The van der Waals surface area contributed by atoms with Gasteiger partial charge >= 0.3 is 0 Å². The summed E-state index contributed by atoms with van der Waals surface area (Å²) in [5.41, 5.74) is -0.105. The molecular weight excluding hydrogens is 216 g/mol. The highest BCUT2D eigenvalue weighted by Gasteiger charge is 2.42. The third-order valence-electron chi connectivity index (χ3n) is 3.66. The Hall–Kier alpha value is -0.900. The Bertz CT molecular complexity index is 313. The van der Waals surface area contributed by atoms with Crippen LogP contribution < -0.4 is 5.32 Å². The van der Waals surface area contributed by atoms with Gasteiger partial charge in [-0.1, -0.05) is 13.8 Å². The number of nitrogens with zero attached hydrogens (tertiary/aromatic N) is 1. The number of nitrogens with one attached hydrogen (secondary N) is 1. The lowest BCUT2D eigenvalue weighted by molar-refractivity contribution is -0.141. The molecule has 98 valence electrons. The van der Waals surface area contributed by atoms with E-state index in [9.17, 15) is 9.59 Å². The van der Waals surface area contributed by atoms with E-state index >= 15 is 0 Å². The van der Waals surface area contributed by atoms with Crippen LogP contribution in [0.15, 0.2) is 0 Å². The fourth-order valence-corrected chi connectivity index (χ4v) is 1.98. The van der Waals surface area contributed by atoms with Gasteiger partial charge in [0.25, 0.3) is 0 Å². The van der Waals surface area contributed by atoms with Gasteiger partial charge in [-0.3, -0.25) is 14.5 Å². The maximum Gasteiger partial charge on any atom is 0.247 e. The predicted molar refractivity (Wildman–Crippen MR) is 67.5 cm³/mol. The Labute approximate surface area is 104 Å². The molecule has 0 spiro atoms. The Morgan fingerprint density at radius 1 is 1.41 bits per heavy atom. The van der Waals surface area contributed by atoms with Gasteiger partial charge < -0.3 is 5.32 Å². The Morgan fingerprint density at radius 2 is 2.00 bits per heavy atom. The molecule has 17 heavy (non-hydrogen) atoms. The molecular formula is C13H24N2O2. The molecule has 1 aliphatic heterocycles. The molecule has 1 heterocycles. The summed E-state index contributed by atoms with van der Waals surface area (Å²) in [6.07, 6.45) is 2.03. The molecule has 4 heteroatoms. The number of likely N-dealkylation sites (tertiary alicyclic amines) is 1. The quantitative estimate of drug-likeness (QED) is 0.744. The van der Waals surface area contributed by atoms with E-state index in [1.807, 2.05) is 13.8 Å². The first-order chi connectivity index (χ1) is 7.82. The first-order valence-electron chi connectivity index (χ1n) is 6.46. The van der Waals surface area contributed by atoms with Crippen LogP contribution >= 0.6 is 0 Å². The zero-order valence-corrected chi connectivity index (χ0v) is 11.5. The largest absolute Gasteiger partial charge is 0.300 e. The standard InChI is InChI=1S/C13H24N2O2/c1-6-9(3)15-11(16)8-10(12(15)17)14-13(4,5)7-2/h9-10,14H,6-8H2,1-5H3. The van der Waals surface area contributed by atoms with Crippen molar-refractivity contribution < 1.29 is 9.59 Å². The van der Waals surface area contributed by atoms with E-state index in [-0.39, 0.29) is 29.4 Å². The first-order valence-corrected chi connectivity index (χ1v) is 6.46. The van der Waals surface area contributed by atoms with E-state index in [1.54, 1.807) is 0 Å². The zero-order chi connectivity index (χ0) is 13.2. The molecule has 1 fully saturated rings. The highest BCUT2D eigenvalue weighted by molar-refractivity contribution is 6.05. The van der Waals surface area contributed by atoms with Crippen molar-refractivity contribution in [2.24, 2.45) is 0 Å². The van der Waals surface area contributed by atoms with E-state index in [4.69, 9.17) is 0 Å². The van der Waals surface area contributed by atoms with Crippen LogP contribution in [0, 0.1) is 0 Å². The minimum atomic E-state index is -0.341. The van der Waals surface area contributed by atoms with Gasteiger partial charge in [0, 0.05) is 11.6 Å². The molecule has 2 amide bonds. The molecule has 2 atom stereocenters. The van der Waals surface area contributed by atoms with Crippen LogP contribution in [0.1, 0.15) is 53.9 Å². The molecule has 2 unspecified atom stereocenters. The van der Waals surface area contributed by atoms with Crippen molar-refractivity contribution in [2.45, 2.75) is 71.5 Å². The molecule has 0 radical (unpaired) electrons. The van der Waals surface area contributed by atoms with Gasteiger partial charge in [0.05, 0.1) is 12.5 Å². The van der Waals surface area contributed by atoms with Crippen LogP contribution in [0.4, 0.5) is 0 Å². The third kappa shape index (κ3) is 3.06. The Balaban J connectivity index is 2.74. The third-order valence-corrected chi connectivity index (χ3v) is 3.66. The van der Waals surface area contributed by atoms with Gasteiger partial charge in [0.15, 0.2) is 0 Å². The number of amides is 2. The minimum Gasteiger partial charge on any atom is -0.300 e. The number of rotatable bonds is 5. The maximum atomic E-state index is 12.2. The van der Waals surface area contributed by atoms with E-state index in [2.05, 4.69) is 26.1 Å². The van der Waals surface area contributed by atoms with Crippen molar-refractivity contribution in [1.29, 1.82) is 0 Å². The zero-order valence-electron chi connectivity index (χ0n) is 11.5. The van der Waals surface area contributed by atoms with Crippen LogP contribution in [-0.4, -0.2) is 34.3 Å². The molecule has 1 N–H and O–H groups in total. The first kappa shape index (κ1) is 14.2. The van der Waals surface area contributed by atoms with Gasteiger partial charge in [-0.15, -0.1) is 0 Å². The monoisotopic (exact) mass is 240 g/mol. The van der Waals surface area contributed by atoms with E-state index in [1.165, 1.54) is 4.90 Å². The molecule has 0 aromatic rings. The highest BCUT2D eigenvalue weighted by atomic mass is 16.2. The number of hydrogen-bond acceptors (Lipinski definition) is 3. The normalized spacial score (nSPS) is 23.4. The summed E-state index contributed by atoms with van der Waals surface area (Å²) in [5.74, 6) is -0.111. The SMILES string of the molecule is CCC(C)N1C(=O)CC(NC(C)(C)CC)C1=O. The summed E-state index contributed by atoms with van der Waals surface area (Å²) in [6.45, 7) is 10.1. The second-order valence-electron chi connectivity index (χ2n) is 5.50. The van der Waals surface area contributed by atoms with Crippen molar-refractivity contribution in [3.8, 4) is 0 Å². The average molecular weight is 240 g/mol. The molecule has 0 bridgehead atoms. The van der Waals surface area contributed by atoms with Crippen LogP contribution in [-0.2, 0) is 9.59 Å². The molecule has 0 aromatic carbocycles. The molecule has 1 saturated heterocycles. The van der Waals surface area contributed by atoms with Crippen LogP contribution in [0.3, 0.4) is 0 Å². The molecule has 4 nitrogen and oxygen atoms in total. The fraction of sp³-hybridized carbons (Fsp3) is 0.846. The lowest BCUT2D eigenvalue weighted by Crippen LogP contribution is -2.50. The smallest absolute Gasteiger partial charge is 0.247 e. The average Bonchev–Trinajstić information content (AvgIpc) is 2.53. The summed E-state index contributed by atoms with van der Waals surface area (Å²) >= 11 is 0. The Morgan fingerprint density at radius 3 is 2.47 bits per heavy atom. The minimum absolute atomic E-state index is 0.00605. The van der Waals surface area contributed by atoms with Gasteiger partial charge in [0.1, 0.15) is 0 Å². The van der Waals surface area contributed by atoms with Crippen LogP contribution in [0.2, 0.25) is 0 Å². The second kappa shape index (κ2) is 5.17. The fourth-order valence-electron chi connectivity index (χ4n) is 1.98. The topological polar surface area (TPSA) is 49.4 Å². The maximum absolute atomic E-state index is 12.2. The second-order valence-corrected chi connectivity index (χ2v) is 5.50. The van der Waals surface area contributed by atoms with Crippen molar-refractivity contribution in [1.82, 2.24) is 10.2 Å². The van der Waals surface area contributed by atoms with E-state index in [0.29, 0.717) is 6.42 Å². The van der Waals surface area contributed by atoms with Crippen molar-refractivity contribution in [3.63, 3.8) is 0 Å². The number of carbonyl (C=O) groups is 2. The number of carbonyl (C=O) groups excluding carboxylic acids is 2. The van der Waals surface area contributed by atoms with Crippen LogP contribution in [0.5, 0.6) is 0 Å². The van der Waals surface area contributed by atoms with E-state index < -0.39 is 0 Å². The summed E-state index contributed by atoms with van der Waals surface area (Å²) < 4.78 is 0. The van der Waals surface area contributed by atoms with Crippen molar-refractivity contribution in [3.05, 3.63) is 0 Å². The summed E-state index contributed by atoms with van der Waals surface area (Å²) in [7, 11) is 0. The van der Waals surface area contributed by atoms with Crippen molar-refractivity contribution >= 4 is 11.8 Å². The van der Waals surface area contributed by atoms with Gasteiger partial charge in [-0.05, 0) is 33.6 Å². The lowest BCUT2D eigenvalue weighted by Gasteiger charge is -2.28. The number of imide groups is 1. The van der Waals surface area contributed by atoms with Gasteiger partial charge in [-0.2, -0.15) is 0 Å². The molecule has 0 saturated carbocycles. The van der Waals surface area contributed by atoms with E-state index in [0.717, 1.165) is 12.8 Å².